The topological polar surface area (TPSA) is 84.3 Å². The second kappa shape index (κ2) is 12.4. The molecule has 0 saturated carbocycles. The van der Waals surface area contributed by atoms with Gasteiger partial charge in [0.15, 0.2) is 5.96 Å². The molecular weight excluding hydrogens is 511 g/mol. The molecule has 0 bridgehead atoms. The summed E-state index contributed by atoms with van der Waals surface area (Å²) in [6.45, 7) is 4.11. The number of nitrogens with zero attached hydrogens (tertiary/aromatic N) is 5. The number of benzene rings is 1. The molecule has 1 aromatic carbocycles. The van der Waals surface area contributed by atoms with Crippen molar-refractivity contribution in [2.24, 2.45) is 4.99 Å². The maximum Gasteiger partial charge on any atom is 0.225 e. The van der Waals surface area contributed by atoms with E-state index in [4.69, 9.17) is 14.2 Å². The molecule has 0 radical (unpaired) electrons. The number of aromatic nitrogens is 2. The van der Waals surface area contributed by atoms with Gasteiger partial charge in [0, 0.05) is 69.9 Å². The molecule has 1 aromatic heterocycles. The van der Waals surface area contributed by atoms with Gasteiger partial charge in [-0.25, -0.2) is 9.97 Å². The highest BCUT2D eigenvalue weighted by molar-refractivity contribution is 14.0. The summed E-state index contributed by atoms with van der Waals surface area (Å²) in [5.41, 5.74) is 0.995. The van der Waals surface area contributed by atoms with Gasteiger partial charge in [-0.1, -0.05) is 0 Å². The van der Waals surface area contributed by atoms with Crippen LogP contribution in [0.15, 0.2) is 35.6 Å². The molecule has 1 saturated heterocycles. The molecule has 1 aliphatic heterocycles. The number of halogens is 1. The third-order valence-corrected chi connectivity index (χ3v) is 5.10. The number of nitrogens with one attached hydrogen (secondary N) is 1. The van der Waals surface area contributed by atoms with Gasteiger partial charge in [-0.15, -0.1) is 24.0 Å². The first-order chi connectivity index (χ1) is 14.7. The van der Waals surface area contributed by atoms with Crippen LogP contribution in [-0.2, 0) is 6.42 Å². The Kier molecular flexibility index (Phi) is 9.89. The van der Waals surface area contributed by atoms with Crippen LogP contribution >= 0.6 is 24.0 Å². The molecule has 0 amide bonds. The van der Waals surface area contributed by atoms with E-state index in [1.54, 1.807) is 33.7 Å². The van der Waals surface area contributed by atoms with E-state index in [0.717, 1.165) is 61.6 Å². The van der Waals surface area contributed by atoms with Gasteiger partial charge in [-0.2, -0.15) is 0 Å². The maximum atomic E-state index is 5.54. The fourth-order valence-corrected chi connectivity index (χ4v) is 3.53. The number of methoxy groups -OCH3 is 3. The summed E-state index contributed by atoms with van der Waals surface area (Å²) >= 11 is 0. The van der Waals surface area contributed by atoms with Crippen molar-refractivity contribution < 1.29 is 14.2 Å². The minimum Gasteiger partial charge on any atom is -0.496 e. The molecular formula is C21H31IN6O3. The quantitative estimate of drug-likeness (QED) is 0.324. The van der Waals surface area contributed by atoms with Crippen molar-refractivity contribution in [3.63, 3.8) is 0 Å². The number of ether oxygens (including phenoxy) is 3. The summed E-state index contributed by atoms with van der Waals surface area (Å²) in [7, 11) is 6.74. The monoisotopic (exact) mass is 542 g/mol. The van der Waals surface area contributed by atoms with Gasteiger partial charge in [0.05, 0.1) is 21.3 Å². The Labute approximate surface area is 200 Å². The molecule has 0 atom stereocenters. The molecule has 1 aliphatic rings. The molecule has 2 aromatic rings. The Morgan fingerprint density at radius 1 is 1.00 bits per heavy atom. The summed E-state index contributed by atoms with van der Waals surface area (Å²) in [4.78, 5) is 17.6. The molecule has 0 spiro atoms. The van der Waals surface area contributed by atoms with Crippen molar-refractivity contribution in [3.8, 4) is 17.2 Å². The van der Waals surface area contributed by atoms with Gasteiger partial charge in [-0.05, 0) is 12.5 Å². The van der Waals surface area contributed by atoms with E-state index in [0.29, 0.717) is 12.3 Å². The number of hydrogen-bond donors (Lipinski definition) is 1. The zero-order valence-electron chi connectivity index (χ0n) is 18.5. The van der Waals surface area contributed by atoms with Crippen molar-refractivity contribution in [1.29, 1.82) is 0 Å². The molecule has 1 fully saturated rings. The van der Waals surface area contributed by atoms with Crippen molar-refractivity contribution in [2.45, 2.75) is 6.42 Å². The van der Waals surface area contributed by atoms with Gasteiger partial charge in [0.1, 0.15) is 17.2 Å². The van der Waals surface area contributed by atoms with E-state index >= 15 is 0 Å². The number of guanidine groups is 1. The van der Waals surface area contributed by atoms with Crippen LogP contribution < -0.4 is 24.4 Å². The molecule has 31 heavy (non-hydrogen) atoms. The van der Waals surface area contributed by atoms with Crippen LogP contribution in [0.3, 0.4) is 0 Å². The number of anilines is 1. The first-order valence-electron chi connectivity index (χ1n) is 9.96. The Morgan fingerprint density at radius 3 is 2.13 bits per heavy atom. The third kappa shape index (κ3) is 6.25. The minimum absolute atomic E-state index is 0. The fraction of sp³-hybridized carbons (Fsp3) is 0.476. The van der Waals surface area contributed by atoms with Gasteiger partial charge < -0.3 is 29.3 Å². The smallest absolute Gasteiger partial charge is 0.225 e. The lowest BCUT2D eigenvalue weighted by Crippen LogP contribution is -2.53. The normalized spacial score (nSPS) is 14.0. The number of rotatable bonds is 7. The Morgan fingerprint density at radius 2 is 1.61 bits per heavy atom. The van der Waals surface area contributed by atoms with Crippen LogP contribution in [0.25, 0.3) is 0 Å². The highest BCUT2D eigenvalue weighted by atomic mass is 127. The third-order valence-electron chi connectivity index (χ3n) is 5.10. The van der Waals surface area contributed by atoms with Crippen LogP contribution in [0.4, 0.5) is 5.95 Å². The first kappa shape index (κ1) is 24.8. The van der Waals surface area contributed by atoms with E-state index in [9.17, 15) is 0 Å². The van der Waals surface area contributed by atoms with Crippen LogP contribution in [0, 0.1) is 0 Å². The Hall–Kier alpha value is -2.50. The van der Waals surface area contributed by atoms with E-state index in [-0.39, 0.29) is 24.0 Å². The van der Waals surface area contributed by atoms with Gasteiger partial charge in [-0.3, -0.25) is 4.99 Å². The molecule has 1 N–H and O–H groups in total. The first-order valence-corrected chi connectivity index (χ1v) is 9.96. The van der Waals surface area contributed by atoms with Crippen molar-refractivity contribution in [1.82, 2.24) is 20.2 Å². The van der Waals surface area contributed by atoms with Gasteiger partial charge in [0.25, 0.3) is 0 Å². The van der Waals surface area contributed by atoms with Crippen LogP contribution in [0.1, 0.15) is 5.56 Å². The molecule has 2 heterocycles. The Balaban J connectivity index is 0.00000341. The number of piperazine rings is 1. The number of aliphatic imine (C=N–C) groups is 1. The zero-order valence-corrected chi connectivity index (χ0v) is 20.8. The lowest BCUT2D eigenvalue weighted by molar-refractivity contribution is 0.365. The summed E-state index contributed by atoms with van der Waals surface area (Å²) in [6.07, 6.45) is 4.28. The van der Waals surface area contributed by atoms with Crippen molar-refractivity contribution in [3.05, 3.63) is 36.2 Å². The average molecular weight is 542 g/mol. The highest BCUT2D eigenvalue weighted by Gasteiger charge is 2.21. The summed E-state index contributed by atoms with van der Waals surface area (Å²) in [5.74, 6) is 3.87. The Bertz CT molecular complexity index is 819. The van der Waals surface area contributed by atoms with Crippen LogP contribution in [0.5, 0.6) is 17.2 Å². The van der Waals surface area contributed by atoms with Crippen molar-refractivity contribution in [2.75, 3.05) is 66.0 Å². The predicted molar refractivity (Wildman–Crippen MR) is 132 cm³/mol. The van der Waals surface area contributed by atoms with E-state index in [1.165, 1.54) is 0 Å². The van der Waals surface area contributed by atoms with Crippen LogP contribution in [0.2, 0.25) is 0 Å². The molecule has 0 aliphatic carbocycles. The molecule has 0 unspecified atom stereocenters. The molecule has 3 rings (SSSR count). The van der Waals surface area contributed by atoms with Crippen molar-refractivity contribution >= 4 is 35.9 Å². The fourth-order valence-electron chi connectivity index (χ4n) is 3.53. The summed E-state index contributed by atoms with van der Waals surface area (Å²) in [5, 5.41) is 3.46. The summed E-state index contributed by atoms with van der Waals surface area (Å²) in [6, 6.07) is 5.58. The van der Waals surface area contributed by atoms with Crippen LogP contribution in [-0.4, -0.2) is 81.9 Å². The molecule has 9 nitrogen and oxygen atoms in total. The lowest BCUT2D eigenvalue weighted by Gasteiger charge is -2.36. The number of hydrogen-bond acceptors (Lipinski definition) is 7. The highest BCUT2D eigenvalue weighted by Crippen LogP contribution is 2.34. The molecule has 170 valence electrons. The zero-order chi connectivity index (χ0) is 21.3. The standard InChI is InChI=1S/C21H30N6O3.HI/c1-22-20(26-10-12-27(13-11-26)21-23-7-5-8-24-21)25-9-6-17-18(29-3)14-16(28-2)15-19(17)30-4;/h5,7-8,14-15H,6,9-13H2,1-4H3,(H,22,25);1H. The van der Waals surface area contributed by atoms with E-state index in [2.05, 4.69) is 30.1 Å². The second-order valence-electron chi connectivity index (χ2n) is 6.76. The predicted octanol–water partition coefficient (Wildman–Crippen LogP) is 2.06. The second-order valence-corrected chi connectivity index (χ2v) is 6.76. The SMILES string of the molecule is CN=C(NCCc1c(OC)cc(OC)cc1OC)N1CCN(c2ncccn2)CC1.I. The average Bonchev–Trinajstić information content (AvgIpc) is 2.82. The van der Waals surface area contributed by atoms with E-state index in [1.807, 2.05) is 25.2 Å². The van der Waals surface area contributed by atoms with E-state index < -0.39 is 0 Å². The summed E-state index contributed by atoms with van der Waals surface area (Å²) < 4.78 is 16.4. The van der Waals surface area contributed by atoms with Gasteiger partial charge >= 0.3 is 0 Å². The minimum atomic E-state index is 0. The largest absolute Gasteiger partial charge is 0.496 e. The molecule has 10 heteroatoms. The lowest BCUT2D eigenvalue weighted by atomic mass is 10.1. The van der Waals surface area contributed by atoms with Gasteiger partial charge in [0.2, 0.25) is 5.95 Å². The maximum absolute atomic E-state index is 5.54.